The van der Waals surface area contributed by atoms with Crippen molar-refractivity contribution >= 4 is 21.6 Å². The summed E-state index contributed by atoms with van der Waals surface area (Å²) in [5, 5.41) is 10.0. The Bertz CT molecular complexity index is 439. The minimum absolute atomic E-state index is 0.725. The molecule has 0 aliphatic carbocycles. The van der Waals surface area contributed by atoms with Crippen LogP contribution in [0.25, 0.3) is 0 Å². The summed E-state index contributed by atoms with van der Waals surface area (Å²) in [6, 6.07) is 3.99. The van der Waals surface area contributed by atoms with Crippen LogP contribution < -0.4 is 5.32 Å². The summed E-state index contributed by atoms with van der Waals surface area (Å²) in [7, 11) is 0. The molecule has 0 aliphatic heterocycles. The molecule has 2 aromatic heterocycles. The third-order valence-electron chi connectivity index (χ3n) is 2.06. The minimum atomic E-state index is 0.725. The highest BCUT2D eigenvalue weighted by Crippen LogP contribution is 2.16. The van der Waals surface area contributed by atoms with Crippen molar-refractivity contribution in [1.82, 2.24) is 15.2 Å². The number of anilines is 1. The first kappa shape index (κ1) is 10.2. The predicted molar refractivity (Wildman–Crippen MR) is 62.6 cm³/mol. The van der Waals surface area contributed by atoms with Gasteiger partial charge in [0.2, 0.25) is 0 Å². The summed E-state index contributed by atoms with van der Waals surface area (Å²) < 4.78 is 0.884. The Labute approximate surface area is 96.3 Å². The van der Waals surface area contributed by atoms with Gasteiger partial charge in [0.1, 0.15) is 4.60 Å². The zero-order chi connectivity index (χ0) is 10.7. The van der Waals surface area contributed by atoms with E-state index in [-0.39, 0.29) is 0 Å². The number of hydrogen-bond acceptors (Lipinski definition) is 3. The van der Waals surface area contributed by atoms with Gasteiger partial charge < -0.3 is 5.32 Å². The molecule has 0 bridgehead atoms. The highest BCUT2D eigenvalue weighted by Gasteiger charge is 1.99. The molecule has 0 atom stereocenters. The number of rotatable bonds is 3. The lowest BCUT2D eigenvalue weighted by atomic mass is 10.3. The van der Waals surface area contributed by atoms with Gasteiger partial charge in [-0.3, -0.25) is 5.10 Å². The zero-order valence-corrected chi connectivity index (χ0v) is 9.87. The average molecular weight is 267 g/mol. The molecule has 0 aliphatic rings. The number of hydrogen-bond donors (Lipinski definition) is 2. The van der Waals surface area contributed by atoms with Gasteiger partial charge in [-0.05, 0) is 40.5 Å². The van der Waals surface area contributed by atoms with Crippen molar-refractivity contribution in [1.29, 1.82) is 0 Å². The van der Waals surface area contributed by atoms with Crippen LogP contribution in [0.1, 0.15) is 11.3 Å². The molecule has 0 spiro atoms. The van der Waals surface area contributed by atoms with Crippen LogP contribution in [0.2, 0.25) is 0 Å². The molecule has 2 heterocycles. The zero-order valence-electron chi connectivity index (χ0n) is 8.29. The molecule has 0 saturated heterocycles. The third kappa shape index (κ3) is 2.56. The van der Waals surface area contributed by atoms with Crippen LogP contribution in [0, 0.1) is 6.92 Å². The van der Waals surface area contributed by atoms with Crippen molar-refractivity contribution in [2.75, 3.05) is 5.32 Å². The minimum Gasteiger partial charge on any atom is -0.378 e. The van der Waals surface area contributed by atoms with E-state index < -0.39 is 0 Å². The molecule has 4 nitrogen and oxygen atoms in total. The fourth-order valence-electron chi connectivity index (χ4n) is 1.24. The number of aromatic amines is 1. The van der Waals surface area contributed by atoms with Crippen molar-refractivity contribution in [2.45, 2.75) is 13.5 Å². The largest absolute Gasteiger partial charge is 0.378 e. The molecule has 2 N–H and O–H groups in total. The van der Waals surface area contributed by atoms with E-state index >= 15 is 0 Å². The maximum atomic E-state index is 4.21. The Morgan fingerprint density at radius 3 is 3.07 bits per heavy atom. The van der Waals surface area contributed by atoms with Crippen molar-refractivity contribution in [3.63, 3.8) is 0 Å². The maximum Gasteiger partial charge on any atom is 0.109 e. The molecule has 15 heavy (non-hydrogen) atoms. The number of nitrogens with zero attached hydrogens (tertiary/aromatic N) is 2. The highest BCUT2D eigenvalue weighted by atomic mass is 79.9. The van der Waals surface area contributed by atoms with E-state index in [9.17, 15) is 0 Å². The van der Waals surface area contributed by atoms with E-state index in [1.54, 1.807) is 12.4 Å². The van der Waals surface area contributed by atoms with E-state index in [1.165, 1.54) is 0 Å². The standard InChI is InChI=1S/C10H11BrN4/c1-7-4-9(6-13-10(7)11)12-5-8-2-3-14-15-8/h2-4,6,12H,5H2,1H3,(H,14,15). The van der Waals surface area contributed by atoms with Gasteiger partial charge in [0, 0.05) is 6.20 Å². The summed E-state index contributed by atoms with van der Waals surface area (Å²) in [5.74, 6) is 0. The van der Waals surface area contributed by atoms with Crippen LogP contribution in [-0.2, 0) is 6.54 Å². The SMILES string of the molecule is Cc1cc(NCc2ccn[nH]2)cnc1Br. The van der Waals surface area contributed by atoms with Crippen LogP contribution in [0.5, 0.6) is 0 Å². The number of aromatic nitrogens is 3. The summed E-state index contributed by atoms with van der Waals surface area (Å²) in [5.41, 5.74) is 3.17. The molecule has 2 rings (SSSR count). The first-order chi connectivity index (χ1) is 7.25. The third-order valence-corrected chi connectivity index (χ3v) is 2.89. The smallest absolute Gasteiger partial charge is 0.109 e. The Morgan fingerprint density at radius 2 is 2.40 bits per heavy atom. The topological polar surface area (TPSA) is 53.6 Å². The summed E-state index contributed by atoms with van der Waals surface area (Å²) in [6.07, 6.45) is 3.54. The maximum absolute atomic E-state index is 4.21. The van der Waals surface area contributed by atoms with Gasteiger partial charge in [-0.15, -0.1) is 0 Å². The van der Waals surface area contributed by atoms with Crippen LogP contribution in [0.3, 0.4) is 0 Å². The molecule has 5 heteroatoms. The molecule has 2 aromatic rings. The van der Waals surface area contributed by atoms with Crippen molar-refractivity contribution in [3.05, 3.63) is 40.4 Å². The van der Waals surface area contributed by atoms with Gasteiger partial charge in [-0.2, -0.15) is 5.10 Å². The van der Waals surface area contributed by atoms with Crippen LogP contribution >= 0.6 is 15.9 Å². The fraction of sp³-hybridized carbons (Fsp3) is 0.200. The second kappa shape index (κ2) is 4.44. The lowest BCUT2D eigenvalue weighted by Gasteiger charge is -2.05. The normalized spacial score (nSPS) is 10.3. The molecule has 0 saturated carbocycles. The van der Waals surface area contributed by atoms with Crippen LogP contribution in [0.4, 0.5) is 5.69 Å². The average Bonchev–Trinajstić information content (AvgIpc) is 2.73. The van der Waals surface area contributed by atoms with Gasteiger partial charge in [-0.1, -0.05) is 0 Å². The van der Waals surface area contributed by atoms with Crippen molar-refractivity contribution in [3.8, 4) is 0 Å². The van der Waals surface area contributed by atoms with E-state index in [2.05, 4.69) is 36.4 Å². The van der Waals surface area contributed by atoms with Gasteiger partial charge in [-0.25, -0.2) is 4.98 Å². The Balaban J connectivity index is 2.02. The molecule has 78 valence electrons. The van der Waals surface area contributed by atoms with E-state index in [1.807, 2.05) is 19.1 Å². The summed E-state index contributed by atoms with van der Waals surface area (Å²) in [4.78, 5) is 4.21. The predicted octanol–water partition coefficient (Wildman–Crippen LogP) is 2.49. The number of aryl methyl sites for hydroxylation is 1. The van der Waals surface area contributed by atoms with Gasteiger partial charge in [0.25, 0.3) is 0 Å². The lowest BCUT2D eigenvalue weighted by Crippen LogP contribution is -2.00. The molecule has 0 fully saturated rings. The molecular weight excluding hydrogens is 256 g/mol. The van der Waals surface area contributed by atoms with Crippen LogP contribution in [0.15, 0.2) is 29.1 Å². The van der Waals surface area contributed by atoms with Gasteiger partial charge >= 0.3 is 0 Å². The Kier molecular flexibility index (Phi) is 3.01. The monoisotopic (exact) mass is 266 g/mol. The van der Waals surface area contributed by atoms with Crippen molar-refractivity contribution < 1.29 is 0 Å². The molecule has 0 radical (unpaired) electrons. The Hall–Kier alpha value is -1.36. The molecular formula is C10H11BrN4. The molecule has 0 aromatic carbocycles. The second-order valence-corrected chi connectivity index (χ2v) is 4.02. The lowest BCUT2D eigenvalue weighted by molar-refractivity contribution is 0.979. The van der Waals surface area contributed by atoms with E-state index in [0.29, 0.717) is 0 Å². The highest BCUT2D eigenvalue weighted by molar-refractivity contribution is 9.10. The van der Waals surface area contributed by atoms with Gasteiger partial charge in [0.15, 0.2) is 0 Å². The number of halogens is 1. The van der Waals surface area contributed by atoms with E-state index in [4.69, 9.17) is 0 Å². The first-order valence-corrected chi connectivity index (χ1v) is 5.39. The Morgan fingerprint density at radius 1 is 1.53 bits per heavy atom. The first-order valence-electron chi connectivity index (χ1n) is 4.60. The van der Waals surface area contributed by atoms with Crippen LogP contribution in [-0.4, -0.2) is 15.2 Å². The number of nitrogens with one attached hydrogen (secondary N) is 2. The van der Waals surface area contributed by atoms with Gasteiger partial charge in [0.05, 0.1) is 24.1 Å². The molecule has 0 amide bonds. The number of pyridine rings is 1. The van der Waals surface area contributed by atoms with E-state index in [0.717, 1.165) is 28.1 Å². The fourth-order valence-corrected chi connectivity index (χ4v) is 1.45. The molecule has 0 unspecified atom stereocenters. The van der Waals surface area contributed by atoms with Crippen molar-refractivity contribution in [2.24, 2.45) is 0 Å². The quantitative estimate of drug-likeness (QED) is 0.840. The second-order valence-electron chi connectivity index (χ2n) is 3.27. The number of H-pyrrole nitrogens is 1. The summed E-state index contributed by atoms with van der Waals surface area (Å²) in [6.45, 7) is 2.74. The summed E-state index contributed by atoms with van der Waals surface area (Å²) >= 11 is 3.36.